The molecule has 0 saturated carbocycles. The second kappa shape index (κ2) is 6.53. The van der Waals surface area contributed by atoms with E-state index in [9.17, 15) is 4.79 Å². The number of nitrogens with one attached hydrogen (secondary N) is 2. The predicted molar refractivity (Wildman–Crippen MR) is 89.6 cm³/mol. The molecule has 4 heteroatoms. The largest absolute Gasteiger partial charge is 0.361 e. The molecule has 1 aromatic heterocycles. The van der Waals surface area contributed by atoms with E-state index >= 15 is 0 Å². The Kier molecular flexibility index (Phi) is 4.48. The van der Waals surface area contributed by atoms with Crippen molar-refractivity contribution in [2.45, 2.75) is 39.3 Å². The molecule has 0 aliphatic carbocycles. The highest BCUT2D eigenvalue weighted by Crippen LogP contribution is 2.20. The average molecular weight is 299 g/mol. The summed E-state index contributed by atoms with van der Waals surface area (Å²) in [5.41, 5.74) is 2.52. The van der Waals surface area contributed by atoms with Gasteiger partial charge < -0.3 is 15.2 Å². The van der Waals surface area contributed by atoms with E-state index in [0.717, 1.165) is 26.1 Å². The Bertz CT molecular complexity index is 649. The number of benzene rings is 1. The van der Waals surface area contributed by atoms with E-state index in [-0.39, 0.29) is 5.91 Å². The Balaban J connectivity index is 1.60. The van der Waals surface area contributed by atoms with Crippen LogP contribution in [0.5, 0.6) is 0 Å². The monoisotopic (exact) mass is 299 g/mol. The van der Waals surface area contributed by atoms with Gasteiger partial charge in [0.05, 0.1) is 0 Å². The standard InChI is InChI=1S/C18H25N3O/c1-3-18(22)21-10-8-16(13(2)12-21)20-11-14-5-4-6-17-15(14)7-9-19-17/h4-7,9,13,16,19-20H,3,8,10-12H2,1-2H3/t13-,16+/m1/s1. The lowest BCUT2D eigenvalue weighted by molar-refractivity contribution is -0.132. The minimum Gasteiger partial charge on any atom is -0.361 e. The van der Waals surface area contributed by atoms with Crippen LogP contribution in [0.15, 0.2) is 30.5 Å². The lowest BCUT2D eigenvalue weighted by atomic mass is 9.93. The van der Waals surface area contributed by atoms with Gasteiger partial charge in [-0.25, -0.2) is 0 Å². The quantitative estimate of drug-likeness (QED) is 0.912. The minimum absolute atomic E-state index is 0.280. The molecule has 4 nitrogen and oxygen atoms in total. The van der Waals surface area contributed by atoms with Crippen LogP contribution in [-0.4, -0.2) is 34.9 Å². The lowest BCUT2D eigenvalue weighted by Crippen LogP contribution is -2.49. The van der Waals surface area contributed by atoms with Crippen LogP contribution in [0.3, 0.4) is 0 Å². The zero-order valence-electron chi connectivity index (χ0n) is 13.4. The van der Waals surface area contributed by atoms with Gasteiger partial charge in [-0.1, -0.05) is 26.0 Å². The summed E-state index contributed by atoms with van der Waals surface area (Å²) in [5.74, 6) is 0.775. The van der Waals surface area contributed by atoms with Crippen molar-refractivity contribution in [1.82, 2.24) is 15.2 Å². The van der Waals surface area contributed by atoms with Gasteiger partial charge in [-0.15, -0.1) is 0 Å². The molecule has 1 aliphatic heterocycles. The molecule has 2 atom stereocenters. The van der Waals surface area contributed by atoms with Gasteiger partial charge in [0.25, 0.3) is 0 Å². The van der Waals surface area contributed by atoms with Crippen molar-refractivity contribution in [3.63, 3.8) is 0 Å². The van der Waals surface area contributed by atoms with E-state index in [1.165, 1.54) is 16.5 Å². The maximum absolute atomic E-state index is 11.8. The van der Waals surface area contributed by atoms with Gasteiger partial charge in [0.15, 0.2) is 0 Å². The van der Waals surface area contributed by atoms with Crippen molar-refractivity contribution < 1.29 is 4.79 Å². The molecule has 0 unspecified atom stereocenters. The first-order chi connectivity index (χ1) is 10.7. The van der Waals surface area contributed by atoms with E-state index in [1.807, 2.05) is 18.0 Å². The van der Waals surface area contributed by atoms with Gasteiger partial charge in [0.2, 0.25) is 5.91 Å². The number of carbonyl (C=O) groups excluding carboxylic acids is 1. The van der Waals surface area contributed by atoms with Crippen LogP contribution >= 0.6 is 0 Å². The zero-order chi connectivity index (χ0) is 15.5. The van der Waals surface area contributed by atoms with Crippen LogP contribution in [0, 0.1) is 5.92 Å². The number of aromatic nitrogens is 1. The van der Waals surface area contributed by atoms with Gasteiger partial charge in [-0.2, -0.15) is 0 Å². The van der Waals surface area contributed by atoms with Crippen LogP contribution in [0.4, 0.5) is 0 Å². The SMILES string of the molecule is CCC(=O)N1CC[C@H](NCc2cccc3[nH]ccc23)[C@H](C)C1. The second-order valence-corrected chi connectivity index (χ2v) is 6.30. The number of nitrogens with zero attached hydrogens (tertiary/aromatic N) is 1. The highest BCUT2D eigenvalue weighted by atomic mass is 16.2. The smallest absolute Gasteiger partial charge is 0.222 e. The third-order valence-electron chi connectivity index (χ3n) is 4.80. The van der Waals surface area contributed by atoms with E-state index in [1.54, 1.807) is 0 Å². The molecule has 1 amide bonds. The molecule has 1 fully saturated rings. The van der Waals surface area contributed by atoms with Crippen molar-refractivity contribution in [2.75, 3.05) is 13.1 Å². The predicted octanol–water partition coefficient (Wildman–Crippen LogP) is 2.90. The Morgan fingerprint density at radius 3 is 3.05 bits per heavy atom. The van der Waals surface area contributed by atoms with Gasteiger partial charge >= 0.3 is 0 Å². The van der Waals surface area contributed by atoms with E-state index in [0.29, 0.717) is 18.4 Å². The van der Waals surface area contributed by atoms with Crippen molar-refractivity contribution in [2.24, 2.45) is 5.92 Å². The highest BCUT2D eigenvalue weighted by molar-refractivity contribution is 5.82. The van der Waals surface area contributed by atoms with Gasteiger partial charge in [-0.05, 0) is 30.0 Å². The Morgan fingerprint density at radius 2 is 2.27 bits per heavy atom. The Hall–Kier alpha value is -1.81. The first-order valence-corrected chi connectivity index (χ1v) is 8.25. The molecule has 0 bridgehead atoms. The first kappa shape index (κ1) is 15.1. The van der Waals surface area contributed by atoms with Crippen molar-refractivity contribution in [3.8, 4) is 0 Å². The molecular formula is C18H25N3O. The Morgan fingerprint density at radius 1 is 1.41 bits per heavy atom. The molecule has 2 N–H and O–H groups in total. The molecule has 3 rings (SSSR count). The molecule has 22 heavy (non-hydrogen) atoms. The van der Waals surface area contributed by atoms with E-state index < -0.39 is 0 Å². The van der Waals surface area contributed by atoms with Crippen LogP contribution in [0.2, 0.25) is 0 Å². The molecule has 1 saturated heterocycles. The van der Waals surface area contributed by atoms with Gasteiger partial charge in [0.1, 0.15) is 0 Å². The summed E-state index contributed by atoms with van der Waals surface area (Å²) >= 11 is 0. The van der Waals surface area contributed by atoms with Crippen LogP contribution in [0.1, 0.15) is 32.3 Å². The fourth-order valence-corrected chi connectivity index (χ4v) is 3.44. The number of rotatable bonds is 4. The van der Waals surface area contributed by atoms with Crippen molar-refractivity contribution >= 4 is 16.8 Å². The van der Waals surface area contributed by atoms with E-state index in [2.05, 4.69) is 41.5 Å². The highest BCUT2D eigenvalue weighted by Gasteiger charge is 2.27. The fraction of sp³-hybridized carbons (Fsp3) is 0.500. The molecule has 0 radical (unpaired) electrons. The zero-order valence-corrected chi connectivity index (χ0v) is 13.4. The van der Waals surface area contributed by atoms with Crippen molar-refractivity contribution in [3.05, 3.63) is 36.0 Å². The third kappa shape index (κ3) is 3.02. The minimum atomic E-state index is 0.280. The van der Waals surface area contributed by atoms with Gasteiger partial charge in [-0.3, -0.25) is 4.79 Å². The molecule has 118 valence electrons. The maximum Gasteiger partial charge on any atom is 0.222 e. The number of aromatic amines is 1. The summed E-state index contributed by atoms with van der Waals surface area (Å²) < 4.78 is 0. The summed E-state index contributed by atoms with van der Waals surface area (Å²) in [6, 6.07) is 9.01. The van der Waals surface area contributed by atoms with Crippen molar-refractivity contribution in [1.29, 1.82) is 0 Å². The summed E-state index contributed by atoms with van der Waals surface area (Å²) in [6.07, 6.45) is 3.64. The van der Waals surface area contributed by atoms with Gasteiger partial charge in [0, 0.05) is 49.2 Å². The number of fused-ring (bicyclic) bond motifs is 1. The number of carbonyl (C=O) groups is 1. The number of hydrogen-bond acceptors (Lipinski definition) is 2. The van der Waals surface area contributed by atoms with Crippen LogP contribution < -0.4 is 5.32 Å². The molecule has 2 aromatic rings. The summed E-state index contributed by atoms with van der Waals surface area (Å²) in [7, 11) is 0. The normalized spacial score (nSPS) is 22.2. The number of hydrogen-bond donors (Lipinski definition) is 2. The topological polar surface area (TPSA) is 48.1 Å². The molecule has 0 spiro atoms. The lowest BCUT2D eigenvalue weighted by Gasteiger charge is -2.37. The Labute approximate surface area is 131 Å². The summed E-state index contributed by atoms with van der Waals surface area (Å²) in [5, 5.41) is 4.99. The number of likely N-dealkylation sites (tertiary alicyclic amines) is 1. The first-order valence-electron chi connectivity index (χ1n) is 8.25. The molecular weight excluding hydrogens is 274 g/mol. The van der Waals surface area contributed by atoms with Crippen LogP contribution in [-0.2, 0) is 11.3 Å². The maximum atomic E-state index is 11.8. The number of piperidine rings is 1. The third-order valence-corrected chi connectivity index (χ3v) is 4.80. The summed E-state index contributed by atoms with van der Waals surface area (Å²) in [6.45, 7) is 6.81. The summed E-state index contributed by atoms with van der Waals surface area (Å²) in [4.78, 5) is 17.1. The molecule has 1 aliphatic rings. The number of H-pyrrole nitrogens is 1. The number of amides is 1. The van der Waals surface area contributed by atoms with E-state index in [4.69, 9.17) is 0 Å². The molecule has 2 heterocycles. The fourth-order valence-electron chi connectivity index (χ4n) is 3.44. The second-order valence-electron chi connectivity index (χ2n) is 6.30. The average Bonchev–Trinajstić information content (AvgIpc) is 3.02. The van der Waals surface area contributed by atoms with Crippen LogP contribution in [0.25, 0.3) is 10.9 Å². The molecule has 1 aromatic carbocycles.